The molecule has 1 unspecified atom stereocenters. The van der Waals surface area contributed by atoms with Gasteiger partial charge in [-0.25, -0.2) is 0 Å². The highest BCUT2D eigenvalue weighted by Crippen LogP contribution is 2.26. The van der Waals surface area contributed by atoms with E-state index in [9.17, 15) is 0 Å². The predicted octanol–water partition coefficient (Wildman–Crippen LogP) is 6.32. The van der Waals surface area contributed by atoms with E-state index in [1.54, 1.807) is 0 Å². The van der Waals surface area contributed by atoms with Gasteiger partial charge in [0.15, 0.2) is 0 Å². The SMILES string of the molecule is Cc1ccc([C@@H](C)CC(CCCC(C)(C)C)NCC(C)C)cc1. The summed E-state index contributed by atoms with van der Waals surface area (Å²) in [6, 6.07) is 9.71. The van der Waals surface area contributed by atoms with Crippen molar-refractivity contribution in [2.24, 2.45) is 11.3 Å². The summed E-state index contributed by atoms with van der Waals surface area (Å²) in [6.07, 6.45) is 5.16. The molecule has 1 rings (SSSR count). The zero-order valence-corrected chi connectivity index (χ0v) is 16.6. The molecule has 0 aromatic heterocycles. The summed E-state index contributed by atoms with van der Waals surface area (Å²) < 4.78 is 0. The van der Waals surface area contributed by atoms with E-state index in [0.717, 1.165) is 12.5 Å². The molecule has 0 radical (unpaired) electrons. The minimum Gasteiger partial charge on any atom is -0.314 e. The fourth-order valence-corrected chi connectivity index (χ4v) is 3.04. The molecule has 23 heavy (non-hydrogen) atoms. The lowest BCUT2D eigenvalue weighted by molar-refractivity contribution is 0.328. The number of aryl methyl sites for hydroxylation is 1. The summed E-state index contributed by atoms with van der Waals surface area (Å²) in [5.74, 6) is 1.34. The van der Waals surface area contributed by atoms with Crippen molar-refractivity contribution in [1.82, 2.24) is 5.32 Å². The molecule has 1 heteroatoms. The highest BCUT2D eigenvalue weighted by Gasteiger charge is 2.17. The Labute approximate surface area is 145 Å². The zero-order chi connectivity index (χ0) is 17.5. The van der Waals surface area contributed by atoms with Crippen molar-refractivity contribution in [1.29, 1.82) is 0 Å². The van der Waals surface area contributed by atoms with Crippen LogP contribution in [0.1, 0.15) is 84.3 Å². The fourth-order valence-electron chi connectivity index (χ4n) is 3.04. The van der Waals surface area contributed by atoms with Crippen molar-refractivity contribution in [3.8, 4) is 0 Å². The van der Waals surface area contributed by atoms with Gasteiger partial charge in [-0.15, -0.1) is 0 Å². The molecule has 0 heterocycles. The lowest BCUT2D eigenvalue weighted by Gasteiger charge is -2.25. The number of rotatable bonds is 9. The van der Waals surface area contributed by atoms with E-state index < -0.39 is 0 Å². The Hall–Kier alpha value is -0.820. The predicted molar refractivity (Wildman–Crippen MR) is 104 cm³/mol. The lowest BCUT2D eigenvalue weighted by Crippen LogP contribution is -2.33. The smallest absolute Gasteiger partial charge is 0.00728 e. The van der Waals surface area contributed by atoms with Gasteiger partial charge in [-0.05, 0) is 55.5 Å². The Balaban J connectivity index is 2.57. The van der Waals surface area contributed by atoms with Crippen LogP contribution in [0.4, 0.5) is 0 Å². The van der Waals surface area contributed by atoms with Crippen molar-refractivity contribution in [3.63, 3.8) is 0 Å². The van der Waals surface area contributed by atoms with E-state index >= 15 is 0 Å². The summed E-state index contributed by atoms with van der Waals surface area (Å²) in [4.78, 5) is 0. The van der Waals surface area contributed by atoms with E-state index in [1.807, 2.05) is 0 Å². The average molecular weight is 318 g/mol. The van der Waals surface area contributed by atoms with Crippen LogP contribution in [0.3, 0.4) is 0 Å². The van der Waals surface area contributed by atoms with Crippen LogP contribution in [-0.2, 0) is 0 Å². The van der Waals surface area contributed by atoms with E-state index in [1.165, 1.54) is 36.8 Å². The van der Waals surface area contributed by atoms with Crippen molar-refractivity contribution >= 4 is 0 Å². The Morgan fingerprint density at radius 3 is 2.13 bits per heavy atom. The Morgan fingerprint density at radius 1 is 1.00 bits per heavy atom. The fraction of sp³-hybridized carbons (Fsp3) is 0.727. The zero-order valence-electron chi connectivity index (χ0n) is 16.6. The van der Waals surface area contributed by atoms with Crippen molar-refractivity contribution in [3.05, 3.63) is 35.4 Å². The van der Waals surface area contributed by atoms with E-state index in [2.05, 4.69) is 78.0 Å². The van der Waals surface area contributed by atoms with Gasteiger partial charge in [-0.3, -0.25) is 0 Å². The van der Waals surface area contributed by atoms with E-state index in [0.29, 0.717) is 17.4 Å². The van der Waals surface area contributed by atoms with Gasteiger partial charge >= 0.3 is 0 Å². The van der Waals surface area contributed by atoms with Gasteiger partial charge in [0.05, 0.1) is 0 Å². The third-order valence-corrected chi connectivity index (χ3v) is 4.58. The van der Waals surface area contributed by atoms with Crippen molar-refractivity contribution in [2.45, 2.75) is 86.1 Å². The summed E-state index contributed by atoms with van der Waals surface area (Å²) in [6.45, 7) is 17.3. The molecular weight excluding hydrogens is 278 g/mol. The third kappa shape index (κ3) is 9.15. The second-order valence-corrected chi connectivity index (χ2v) is 9.00. The molecule has 0 saturated carbocycles. The van der Waals surface area contributed by atoms with E-state index in [4.69, 9.17) is 0 Å². The molecule has 0 fully saturated rings. The van der Waals surface area contributed by atoms with Gasteiger partial charge in [-0.2, -0.15) is 0 Å². The molecule has 2 atom stereocenters. The standard InChI is InChI=1S/C22H39N/c1-17(2)16-23-21(9-8-14-22(5,6)7)15-19(4)20-12-10-18(3)11-13-20/h10-13,17,19,21,23H,8-9,14-16H2,1-7H3/t19-,21?/m0/s1. The number of benzene rings is 1. The number of hydrogen-bond acceptors (Lipinski definition) is 1. The van der Waals surface area contributed by atoms with Gasteiger partial charge < -0.3 is 5.32 Å². The number of nitrogens with one attached hydrogen (secondary N) is 1. The van der Waals surface area contributed by atoms with Crippen LogP contribution in [0.25, 0.3) is 0 Å². The second kappa shape index (κ2) is 9.47. The Morgan fingerprint density at radius 2 is 1.61 bits per heavy atom. The molecular formula is C22H39N. The maximum absolute atomic E-state index is 3.82. The van der Waals surface area contributed by atoms with Crippen LogP contribution < -0.4 is 5.32 Å². The topological polar surface area (TPSA) is 12.0 Å². The van der Waals surface area contributed by atoms with Gasteiger partial charge in [0.1, 0.15) is 0 Å². The average Bonchev–Trinajstić information content (AvgIpc) is 2.43. The molecule has 0 aliphatic rings. The van der Waals surface area contributed by atoms with Crippen LogP contribution in [0.2, 0.25) is 0 Å². The molecule has 0 saturated heterocycles. The quantitative estimate of drug-likeness (QED) is 0.562. The molecule has 0 aliphatic carbocycles. The van der Waals surface area contributed by atoms with Crippen LogP contribution in [0.15, 0.2) is 24.3 Å². The van der Waals surface area contributed by atoms with Crippen molar-refractivity contribution in [2.75, 3.05) is 6.54 Å². The highest BCUT2D eigenvalue weighted by atomic mass is 14.9. The Kier molecular flexibility index (Phi) is 8.33. The maximum Gasteiger partial charge on any atom is 0.00728 e. The molecule has 1 N–H and O–H groups in total. The second-order valence-electron chi connectivity index (χ2n) is 9.00. The highest BCUT2D eigenvalue weighted by molar-refractivity contribution is 5.24. The first-order chi connectivity index (χ1) is 10.7. The largest absolute Gasteiger partial charge is 0.314 e. The minimum atomic E-state index is 0.450. The number of hydrogen-bond donors (Lipinski definition) is 1. The molecule has 1 aromatic carbocycles. The molecule has 0 amide bonds. The minimum absolute atomic E-state index is 0.450. The van der Waals surface area contributed by atoms with E-state index in [-0.39, 0.29) is 0 Å². The van der Waals surface area contributed by atoms with Gasteiger partial charge in [0, 0.05) is 6.04 Å². The van der Waals surface area contributed by atoms with Crippen LogP contribution in [-0.4, -0.2) is 12.6 Å². The maximum atomic E-state index is 3.82. The first-order valence-corrected chi connectivity index (χ1v) is 9.47. The lowest BCUT2D eigenvalue weighted by atomic mass is 9.86. The molecule has 0 spiro atoms. The molecule has 0 bridgehead atoms. The van der Waals surface area contributed by atoms with Crippen molar-refractivity contribution < 1.29 is 0 Å². The summed E-state index contributed by atoms with van der Waals surface area (Å²) in [5.41, 5.74) is 3.27. The van der Waals surface area contributed by atoms with Crippen LogP contribution >= 0.6 is 0 Å². The van der Waals surface area contributed by atoms with Gasteiger partial charge in [0.2, 0.25) is 0 Å². The summed E-state index contributed by atoms with van der Waals surface area (Å²) in [7, 11) is 0. The normalized spacial score (nSPS) is 15.0. The van der Waals surface area contributed by atoms with Crippen LogP contribution in [0.5, 0.6) is 0 Å². The van der Waals surface area contributed by atoms with Crippen LogP contribution in [0, 0.1) is 18.3 Å². The first-order valence-electron chi connectivity index (χ1n) is 9.47. The monoisotopic (exact) mass is 317 g/mol. The third-order valence-electron chi connectivity index (χ3n) is 4.58. The first kappa shape index (κ1) is 20.2. The van der Waals surface area contributed by atoms with Gasteiger partial charge in [0.25, 0.3) is 0 Å². The summed E-state index contributed by atoms with van der Waals surface area (Å²) >= 11 is 0. The molecule has 0 aliphatic heterocycles. The molecule has 132 valence electrons. The summed E-state index contributed by atoms with van der Waals surface area (Å²) in [5, 5.41) is 3.82. The molecule has 1 nitrogen and oxygen atoms in total. The molecule has 1 aromatic rings. The Bertz CT molecular complexity index is 424. The van der Waals surface area contributed by atoms with Gasteiger partial charge in [-0.1, -0.05) is 77.8 Å².